The Hall–Kier alpha value is -0.300. The van der Waals surface area contributed by atoms with Gasteiger partial charge in [0.15, 0.2) is 0 Å². The molecule has 2 bridgehead atoms. The van der Waals surface area contributed by atoms with Crippen molar-refractivity contribution in [3.8, 4) is 0 Å². The molecule has 0 spiro atoms. The van der Waals surface area contributed by atoms with Crippen LogP contribution in [0.1, 0.15) is 26.2 Å². The summed E-state index contributed by atoms with van der Waals surface area (Å²) >= 11 is 0. The molecule has 1 aliphatic heterocycles. The molecule has 3 unspecified atom stereocenters. The number of hydrogen-bond acceptors (Lipinski definition) is 0. The first-order chi connectivity index (χ1) is 5.60. The topological polar surface area (TPSA) is 0 Å². The minimum absolute atomic E-state index is 0.965. The number of likely N-dealkylation sites (N-methyl/N-ethyl adjacent to an activating group) is 1. The van der Waals surface area contributed by atoms with E-state index in [1.54, 1.807) is 0 Å². The summed E-state index contributed by atoms with van der Waals surface area (Å²) in [5, 5.41) is 0. The minimum atomic E-state index is 0.965. The van der Waals surface area contributed by atoms with Crippen LogP contribution in [0.3, 0.4) is 0 Å². The molecule has 1 heteroatoms. The summed E-state index contributed by atoms with van der Waals surface area (Å²) in [4.78, 5) is 0. The van der Waals surface area contributed by atoms with Crippen molar-refractivity contribution in [3.63, 3.8) is 0 Å². The summed E-state index contributed by atoms with van der Waals surface area (Å²) in [6, 6.07) is 0.965. The van der Waals surface area contributed by atoms with E-state index < -0.39 is 0 Å². The van der Waals surface area contributed by atoms with Gasteiger partial charge in [0.2, 0.25) is 0 Å². The minimum Gasteiger partial charge on any atom is -0.320 e. The molecule has 1 saturated carbocycles. The van der Waals surface area contributed by atoms with E-state index in [9.17, 15) is 0 Å². The smallest absolute Gasteiger partial charge is 0.0998 e. The first kappa shape index (κ1) is 8.31. The highest BCUT2D eigenvalue weighted by Crippen LogP contribution is 2.41. The quantitative estimate of drug-likeness (QED) is 0.436. The van der Waals surface area contributed by atoms with E-state index in [-0.39, 0.29) is 0 Å². The lowest BCUT2D eigenvalue weighted by atomic mass is 10.1. The lowest BCUT2D eigenvalue weighted by Crippen LogP contribution is -2.50. The van der Waals surface area contributed by atoms with Crippen LogP contribution >= 0.6 is 0 Å². The van der Waals surface area contributed by atoms with Crippen LogP contribution < -0.4 is 0 Å². The van der Waals surface area contributed by atoms with Crippen LogP contribution in [0.4, 0.5) is 0 Å². The highest BCUT2D eigenvalue weighted by atomic mass is 15.4. The van der Waals surface area contributed by atoms with Crippen LogP contribution in [0.15, 0.2) is 12.2 Å². The Balaban J connectivity index is 2.07. The van der Waals surface area contributed by atoms with Crippen molar-refractivity contribution >= 4 is 0 Å². The lowest BCUT2D eigenvalue weighted by molar-refractivity contribution is -0.921. The van der Waals surface area contributed by atoms with Gasteiger partial charge in [-0.05, 0) is 25.3 Å². The summed E-state index contributed by atoms with van der Waals surface area (Å²) in [5.41, 5.74) is 1.35. The monoisotopic (exact) mass is 166 g/mol. The Labute approximate surface area is 75.7 Å². The summed E-state index contributed by atoms with van der Waals surface area (Å²) in [6.45, 7) is 8.82. The molecular formula is C11H20N+. The molecule has 1 heterocycles. The first-order valence-corrected chi connectivity index (χ1v) is 5.09. The zero-order valence-electron chi connectivity index (χ0n) is 8.34. The van der Waals surface area contributed by atoms with E-state index >= 15 is 0 Å². The van der Waals surface area contributed by atoms with E-state index in [0.717, 1.165) is 12.0 Å². The number of hydrogen-bond donors (Lipinski definition) is 0. The highest BCUT2D eigenvalue weighted by molar-refractivity contribution is 4.92. The van der Waals surface area contributed by atoms with Crippen molar-refractivity contribution in [1.29, 1.82) is 0 Å². The van der Waals surface area contributed by atoms with Gasteiger partial charge in [0.1, 0.15) is 0 Å². The maximum atomic E-state index is 4.03. The maximum Gasteiger partial charge on any atom is 0.0998 e. The molecule has 1 saturated heterocycles. The number of likely N-dealkylation sites (tertiary alicyclic amines) is 1. The summed E-state index contributed by atoms with van der Waals surface area (Å²) in [5.74, 6) is 1.04. The molecule has 2 aliphatic rings. The SMILES string of the molecule is C=C(C)C[N+]1(C)CC2CCC1C2. The van der Waals surface area contributed by atoms with E-state index in [1.165, 1.54) is 42.4 Å². The zero-order valence-corrected chi connectivity index (χ0v) is 8.34. The van der Waals surface area contributed by atoms with Crippen LogP contribution in [0.25, 0.3) is 0 Å². The van der Waals surface area contributed by atoms with Crippen molar-refractivity contribution in [1.82, 2.24) is 0 Å². The van der Waals surface area contributed by atoms with Gasteiger partial charge in [0.05, 0.1) is 26.2 Å². The third-order valence-electron chi connectivity index (χ3n) is 3.70. The molecule has 0 amide bonds. The molecule has 0 N–H and O–H groups in total. The Bertz CT molecular complexity index is 209. The fourth-order valence-corrected chi connectivity index (χ4v) is 3.33. The van der Waals surface area contributed by atoms with Gasteiger partial charge in [-0.2, -0.15) is 0 Å². The van der Waals surface area contributed by atoms with Gasteiger partial charge in [-0.15, -0.1) is 0 Å². The largest absolute Gasteiger partial charge is 0.320 e. The standard InChI is InChI=1S/C11H20N/c1-9(2)7-12(3)8-10-4-5-11(12)6-10/h10-11H,1,4-8H2,2-3H3/q+1. The Morgan fingerprint density at radius 1 is 1.50 bits per heavy atom. The number of rotatable bonds is 2. The molecule has 68 valence electrons. The Morgan fingerprint density at radius 3 is 2.67 bits per heavy atom. The van der Waals surface area contributed by atoms with E-state index in [1.807, 2.05) is 0 Å². The number of piperidine rings is 1. The normalized spacial score (nSPS) is 45.2. The van der Waals surface area contributed by atoms with Crippen LogP contribution in [-0.2, 0) is 0 Å². The molecule has 0 aromatic rings. The summed E-state index contributed by atoms with van der Waals surface area (Å²) in [6.07, 6.45) is 4.45. The predicted molar refractivity (Wildman–Crippen MR) is 51.9 cm³/mol. The lowest BCUT2D eigenvalue weighted by Gasteiger charge is -2.38. The molecule has 1 aliphatic carbocycles. The average molecular weight is 166 g/mol. The molecule has 2 fully saturated rings. The van der Waals surface area contributed by atoms with Crippen LogP contribution in [0.5, 0.6) is 0 Å². The van der Waals surface area contributed by atoms with Gasteiger partial charge in [-0.3, -0.25) is 0 Å². The van der Waals surface area contributed by atoms with Crippen LogP contribution in [0.2, 0.25) is 0 Å². The first-order valence-electron chi connectivity index (χ1n) is 5.09. The molecule has 12 heavy (non-hydrogen) atoms. The molecule has 1 nitrogen and oxygen atoms in total. The van der Waals surface area contributed by atoms with Crippen molar-refractivity contribution < 1.29 is 4.48 Å². The van der Waals surface area contributed by atoms with Crippen molar-refractivity contribution in [2.75, 3.05) is 20.1 Å². The maximum absolute atomic E-state index is 4.03. The molecule has 0 aromatic carbocycles. The second kappa shape index (κ2) is 2.59. The molecule has 3 atom stereocenters. The van der Waals surface area contributed by atoms with Crippen molar-refractivity contribution in [2.24, 2.45) is 5.92 Å². The number of fused-ring (bicyclic) bond motifs is 2. The molecule has 2 rings (SSSR count). The van der Waals surface area contributed by atoms with E-state index in [2.05, 4.69) is 20.6 Å². The third kappa shape index (κ3) is 1.20. The zero-order chi connectivity index (χ0) is 8.77. The fraction of sp³-hybridized carbons (Fsp3) is 0.818. The van der Waals surface area contributed by atoms with Gasteiger partial charge in [-0.1, -0.05) is 6.58 Å². The number of quaternary nitrogens is 1. The van der Waals surface area contributed by atoms with Crippen molar-refractivity contribution in [2.45, 2.75) is 32.2 Å². The van der Waals surface area contributed by atoms with E-state index in [4.69, 9.17) is 0 Å². The van der Waals surface area contributed by atoms with Crippen LogP contribution in [0, 0.1) is 5.92 Å². The molecular weight excluding hydrogens is 146 g/mol. The molecule has 0 radical (unpaired) electrons. The second-order valence-corrected chi connectivity index (χ2v) is 5.11. The third-order valence-corrected chi connectivity index (χ3v) is 3.70. The van der Waals surface area contributed by atoms with E-state index in [0.29, 0.717) is 0 Å². The van der Waals surface area contributed by atoms with Crippen molar-refractivity contribution in [3.05, 3.63) is 12.2 Å². The Morgan fingerprint density at radius 2 is 2.25 bits per heavy atom. The highest BCUT2D eigenvalue weighted by Gasteiger charge is 2.47. The van der Waals surface area contributed by atoms with Gasteiger partial charge in [0.25, 0.3) is 0 Å². The fourth-order valence-electron chi connectivity index (χ4n) is 3.33. The van der Waals surface area contributed by atoms with Gasteiger partial charge in [0, 0.05) is 12.3 Å². The summed E-state index contributed by atoms with van der Waals surface area (Å²) < 4.78 is 1.29. The Kier molecular flexibility index (Phi) is 1.80. The van der Waals surface area contributed by atoms with Gasteiger partial charge >= 0.3 is 0 Å². The molecule has 0 aromatic heterocycles. The van der Waals surface area contributed by atoms with Gasteiger partial charge in [-0.25, -0.2) is 0 Å². The predicted octanol–water partition coefficient (Wildman–Crippen LogP) is 2.19. The average Bonchev–Trinajstić information content (AvgIpc) is 2.42. The summed E-state index contributed by atoms with van der Waals surface area (Å²) in [7, 11) is 2.42. The second-order valence-electron chi connectivity index (χ2n) is 5.11. The van der Waals surface area contributed by atoms with Gasteiger partial charge < -0.3 is 4.48 Å². The number of nitrogens with zero attached hydrogens (tertiary/aromatic N) is 1. The van der Waals surface area contributed by atoms with Crippen LogP contribution in [-0.4, -0.2) is 30.7 Å².